The lowest BCUT2D eigenvalue weighted by molar-refractivity contribution is -0.126. The van der Waals surface area contributed by atoms with Gasteiger partial charge in [-0.3, -0.25) is 14.5 Å². The number of hydrogen-bond acceptors (Lipinski definition) is 3. The minimum Gasteiger partial charge on any atom is -0.497 e. The molecule has 5 nitrogen and oxygen atoms in total. The van der Waals surface area contributed by atoms with Gasteiger partial charge in [0, 0.05) is 18.7 Å². The van der Waals surface area contributed by atoms with Crippen LogP contribution in [0.1, 0.15) is 30.9 Å². The molecule has 0 fully saturated rings. The van der Waals surface area contributed by atoms with Gasteiger partial charge in [-0.15, -0.1) is 0 Å². The molecule has 0 aliphatic carbocycles. The van der Waals surface area contributed by atoms with Crippen LogP contribution in [0.2, 0.25) is 0 Å². The fourth-order valence-corrected chi connectivity index (χ4v) is 3.30. The van der Waals surface area contributed by atoms with E-state index in [2.05, 4.69) is 5.32 Å². The van der Waals surface area contributed by atoms with E-state index in [9.17, 15) is 9.59 Å². The summed E-state index contributed by atoms with van der Waals surface area (Å²) in [7, 11) is 1.61. The van der Waals surface area contributed by atoms with Gasteiger partial charge in [-0.2, -0.15) is 0 Å². The third-order valence-electron chi connectivity index (χ3n) is 4.72. The van der Waals surface area contributed by atoms with Crippen LogP contribution in [0.4, 0.5) is 5.69 Å². The van der Waals surface area contributed by atoms with E-state index in [1.807, 2.05) is 48.5 Å². The number of para-hydroxylation sites is 1. The maximum Gasteiger partial charge on any atom is 0.243 e. The Hall–Kier alpha value is -2.82. The number of nitrogens with zero attached hydrogens (tertiary/aromatic N) is 1. The molecule has 26 heavy (non-hydrogen) atoms. The number of amides is 2. The SMILES string of the molecule is COc1cccc(CNC(=O)[C@@H](C)N2C(=O)CCCc3ccccc32)c1. The van der Waals surface area contributed by atoms with E-state index in [1.54, 1.807) is 18.9 Å². The summed E-state index contributed by atoms with van der Waals surface area (Å²) in [4.78, 5) is 27.0. The summed E-state index contributed by atoms with van der Waals surface area (Å²) in [6.45, 7) is 2.17. The van der Waals surface area contributed by atoms with Crippen molar-refractivity contribution in [1.82, 2.24) is 5.32 Å². The van der Waals surface area contributed by atoms with Gasteiger partial charge in [0.15, 0.2) is 0 Å². The summed E-state index contributed by atoms with van der Waals surface area (Å²) in [5.41, 5.74) is 2.91. The number of carbonyl (C=O) groups is 2. The molecule has 2 amide bonds. The number of fused-ring (bicyclic) bond motifs is 1. The van der Waals surface area contributed by atoms with Crippen molar-refractivity contribution < 1.29 is 14.3 Å². The minimum atomic E-state index is -0.563. The number of nitrogens with one attached hydrogen (secondary N) is 1. The molecule has 136 valence electrons. The first-order valence-electron chi connectivity index (χ1n) is 8.90. The number of rotatable bonds is 5. The lowest BCUT2D eigenvalue weighted by Crippen LogP contribution is -2.48. The normalized spacial score (nSPS) is 15.0. The van der Waals surface area contributed by atoms with Crippen LogP contribution in [0.25, 0.3) is 0 Å². The van der Waals surface area contributed by atoms with Gasteiger partial charge in [0.05, 0.1) is 7.11 Å². The van der Waals surface area contributed by atoms with E-state index in [-0.39, 0.29) is 11.8 Å². The molecule has 5 heteroatoms. The molecule has 1 N–H and O–H groups in total. The Bertz CT molecular complexity index is 803. The molecule has 2 aromatic rings. The van der Waals surface area contributed by atoms with Crippen LogP contribution in [-0.4, -0.2) is 25.0 Å². The Morgan fingerprint density at radius 2 is 2.00 bits per heavy atom. The van der Waals surface area contributed by atoms with Crippen LogP contribution in [0.3, 0.4) is 0 Å². The monoisotopic (exact) mass is 352 g/mol. The van der Waals surface area contributed by atoms with Gasteiger partial charge in [-0.1, -0.05) is 30.3 Å². The van der Waals surface area contributed by atoms with E-state index in [0.717, 1.165) is 35.4 Å². The number of aryl methyl sites for hydroxylation is 1. The number of hydrogen-bond donors (Lipinski definition) is 1. The van der Waals surface area contributed by atoms with Crippen LogP contribution in [-0.2, 0) is 22.6 Å². The smallest absolute Gasteiger partial charge is 0.243 e. The van der Waals surface area contributed by atoms with Crippen molar-refractivity contribution in [2.45, 2.75) is 38.8 Å². The van der Waals surface area contributed by atoms with Gasteiger partial charge >= 0.3 is 0 Å². The second kappa shape index (κ2) is 8.04. The summed E-state index contributed by atoms with van der Waals surface area (Å²) in [5.74, 6) is 0.582. The predicted molar refractivity (Wildman–Crippen MR) is 101 cm³/mol. The molecular formula is C21H24N2O3. The number of anilines is 1. The molecule has 0 radical (unpaired) electrons. The second-order valence-corrected chi connectivity index (χ2v) is 6.49. The minimum absolute atomic E-state index is 0.000944. The highest BCUT2D eigenvalue weighted by molar-refractivity contribution is 6.01. The van der Waals surface area contributed by atoms with Gasteiger partial charge in [0.25, 0.3) is 0 Å². The maximum absolute atomic E-state index is 12.7. The lowest BCUT2D eigenvalue weighted by Gasteiger charge is -2.28. The zero-order valence-electron chi connectivity index (χ0n) is 15.2. The fourth-order valence-electron chi connectivity index (χ4n) is 3.30. The van der Waals surface area contributed by atoms with Crippen LogP contribution in [0, 0.1) is 0 Å². The average Bonchev–Trinajstić information content (AvgIpc) is 2.83. The van der Waals surface area contributed by atoms with Crippen molar-refractivity contribution in [3.05, 3.63) is 59.7 Å². The molecule has 3 rings (SSSR count). The number of methoxy groups -OCH3 is 1. The standard InChI is InChI=1S/C21H24N2O3/c1-15(21(25)22-14-16-7-5-10-18(13-16)26-2)23-19-11-4-3-8-17(19)9-6-12-20(23)24/h3-5,7-8,10-11,13,15H,6,9,12,14H2,1-2H3,(H,22,25)/t15-/m1/s1. The Morgan fingerprint density at radius 3 is 2.81 bits per heavy atom. The molecule has 1 heterocycles. The Labute approximate surface area is 154 Å². The third kappa shape index (κ3) is 3.87. The van der Waals surface area contributed by atoms with Gasteiger partial charge < -0.3 is 10.1 Å². The van der Waals surface area contributed by atoms with Crippen molar-refractivity contribution in [3.63, 3.8) is 0 Å². The largest absolute Gasteiger partial charge is 0.497 e. The highest BCUT2D eigenvalue weighted by Crippen LogP contribution is 2.28. The molecule has 0 aromatic heterocycles. The molecule has 1 atom stereocenters. The number of benzene rings is 2. The van der Waals surface area contributed by atoms with Gasteiger partial charge in [0.1, 0.15) is 11.8 Å². The summed E-state index contributed by atoms with van der Waals surface area (Å²) < 4.78 is 5.21. The van der Waals surface area contributed by atoms with Gasteiger partial charge in [-0.05, 0) is 49.1 Å². The fraction of sp³-hybridized carbons (Fsp3) is 0.333. The molecule has 0 spiro atoms. The van der Waals surface area contributed by atoms with Crippen molar-refractivity contribution in [2.75, 3.05) is 12.0 Å². The molecule has 0 saturated carbocycles. The van der Waals surface area contributed by atoms with Crippen molar-refractivity contribution >= 4 is 17.5 Å². The zero-order chi connectivity index (χ0) is 18.5. The van der Waals surface area contributed by atoms with E-state index in [1.165, 1.54) is 0 Å². The Morgan fingerprint density at radius 1 is 1.19 bits per heavy atom. The second-order valence-electron chi connectivity index (χ2n) is 6.49. The number of ether oxygens (including phenoxy) is 1. The Balaban J connectivity index is 1.74. The van der Waals surface area contributed by atoms with Crippen LogP contribution < -0.4 is 15.0 Å². The zero-order valence-corrected chi connectivity index (χ0v) is 15.2. The highest BCUT2D eigenvalue weighted by Gasteiger charge is 2.30. The third-order valence-corrected chi connectivity index (χ3v) is 4.72. The molecule has 0 unspecified atom stereocenters. The first kappa shape index (κ1) is 18.0. The first-order valence-corrected chi connectivity index (χ1v) is 8.90. The van der Waals surface area contributed by atoms with Crippen LogP contribution in [0.15, 0.2) is 48.5 Å². The topological polar surface area (TPSA) is 58.6 Å². The van der Waals surface area contributed by atoms with Crippen LogP contribution in [0.5, 0.6) is 5.75 Å². The van der Waals surface area contributed by atoms with E-state index >= 15 is 0 Å². The lowest BCUT2D eigenvalue weighted by atomic mass is 10.1. The van der Waals surface area contributed by atoms with Gasteiger partial charge in [0.2, 0.25) is 11.8 Å². The van der Waals surface area contributed by atoms with Crippen molar-refractivity contribution in [2.24, 2.45) is 0 Å². The summed E-state index contributed by atoms with van der Waals surface area (Å²) in [6, 6.07) is 14.8. The van der Waals surface area contributed by atoms with Crippen LogP contribution >= 0.6 is 0 Å². The summed E-state index contributed by atoms with van der Waals surface area (Å²) >= 11 is 0. The molecule has 0 bridgehead atoms. The van der Waals surface area contributed by atoms with Crippen molar-refractivity contribution in [3.8, 4) is 5.75 Å². The molecular weight excluding hydrogens is 328 g/mol. The first-order chi connectivity index (χ1) is 12.6. The summed E-state index contributed by atoms with van der Waals surface area (Å²) in [6.07, 6.45) is 2.13. The van der Waals surface area contributed by atoms with E-state index < -0.39 is 6.04 Å². The van der Waals surface area contributed by atoms with E-state index in [0.29, 0.717) is 13.0 Å². The molecule has 1 aliphatic heterocycles. The predicted octanol–water partition coefficient (Wildman–Crippen LogP) is 3.07. The highest BCUT2D eigenvalue weighted by atomic mass is 16.5. The molecule has 2 aromatic carbocycles. The van der Waals surface area contributed by atoms with E-state index in [4.69, 9.17) is 4.74 Å². The molecule has 0 saturated heterocycles. The quantitative estimate of drug-likeness (QED) is 0.900. The number of carbonyl (C=O) groups excluding carboxylic acids is 2. The maximum atomic E-state index is 12.7. The van der Waals surface area contributed by atoms with Crippen molar-refractivity contribution in [1.29, 1.82) is 0 Å². The van der Waals surface area contributed by atoms with Gasteiger partial charge in [-0.25, -0.2) is 0 Å². The molecule has 1 aliphatic rings. The Kier molecular flexibility index (Phi) is 5.56. The average molecular weight is 352 g/mol. The summed E-state index contributed by atoms with van der Waals surface area (Å²) in [5, 5.41) is 2.93.